The zero-order chi connectivity index (χ0) is 20.3. The number of hydrogen-bond donors (Lipinski definition) is 3. The van der Waals surface area contributed by atoms with E-state index in [-0.39, 0.29) is 34.8 Å². The zero-order valence-electron chi connectivity index (χ0n) is 14.7. The van der Waals surface area contributed by atoms with E-state index in [1.807, 2.05) is 0 Å². The lowest BCUT2D eigenvalue weighted by atomic mass is 10.1. The van der Waals surface area contributed by atoms with Crippen molar-refractivity contribution in [3.05, 3.63) is 78.5 Å². The number of aromatic amines is 1. The van der Waals surface area contributed by atoms with E-state index in [2.05, 4.69) is 10.3 Å². The van der Waals surface area contributed by atoms with Crippen LogP contribution in [-0.2, 0) is 13.0 Å². The SMILES string of the molecule is COc1cc(Cl)ccc1C(=O)NCc1cc(Cc2sc(=O)[nH]c2O)ccc1F. The lowest BCUT2D eigenvalue weighted by molar-refractivity contribution is 0.0947. The monoisotopic (exact) mass is 422 g/mol. The third kappa shape index (κ3) is 4.52. The third-order valence-electron chi connectivity index (χ3n) is 4.02. The molecule has 0 unspecified atom stereocenters. The minimum atomic E-state index is -0.474. The molecule has 0 aliphatic rings. The topological polar surface area (TPSA) is 91.4 Å². The van der Waals surface area contributed by atoms with Crippen molar-refractivity contribution in [1.82, 2.24) is 10.3 Å². The summed E-state index contributed by atoms with van der Waals surface area (Å²) in [6.45, 7) is -0.0420. The van der Waals surface area contributed by atoms with Crippen LogP contribution in [0, 0.1) is 5.82 Å². The Morgan fingerprint density at radius 1 is 1.32 bits per heavy atom. The van der Waals surface area contributed by atoms with E-state index < -0.39 is 11.7 Å². The van der Waals surface area contributed by atoms with Gasteiger partial charge in [-0.25, -0.2) is 4.39 Å². The van der Waals surface area contributed by atoms with Gasteiger partial charge in [0.25, 0.3) is 5.91 Å². The molecule has 0 radical (unpaired) electrons. The number of amides is 1. The predicted molar refractivity (Wildman–Crippen MR) is 105 cm³/mol. The van der Waals surface area contributed by atoms with E-state index >= 15 is 0 Å². The molecule has 0 atom stereocenters. The summed E-state index contributed by atoms with van der Waals surface area (Å²) in [5.41, 5.74) is 1.26. The van der Waals surface area contributed by atoms with Crippen molar-refractivity contribution in [3.63, 3.8) is 0 Å². The zero-order valence-corrected chi connectivity index (χ0v) is 16.3. The van der Waals surface area contributed by atoms with E-state index in [1.165, 1.54) is 25.3 Å². The molecule has 0 saturated heterocycles. The third-order valence-corrected chi connectivity index (χ3v) is 5.13. The van der Waals surface area contributed by atoms with Crippen molar-refractivity contribution in [1.29, 1.82) is 0 Å². The summed E-state index contributed by atoms with van der Waals surface area (Å²) < 4.78 is 19.3. The van der Waals surface area contributed by atoms with E-state index in [9.17, 15) is 19.1 Å². The second-order valence-electron chi connectivity index (χ2n) is 5.92. The molecular formula is C19H16ClFN2O4S. The van der Waals surface area contributed by atoms with Crippen LogP contribution in [0.4, 0.5) is 4.39 Å². The number of methoxy groups -OCH3 is 1. The molecule has 3 N–H and O–H groups in total. The number of halogens is 2. The number of thiazole rings is 1. The first kappa shape index (κ1) is 19.9. The number of carbonyl (C=O) groups excluding carboxylic acids is 1. The fourth-order valence-electron chi connectivity index (χ4n) is 2.65. The summed E-state index contributed by atoms with van der Waals surface area (Å²) in [7, 11) is 1.43. The van der Waals surface area contributed by atoms with E-state index in [0.29, 0.717) is 21.2 Å². The Labute approximate surface area is 168 Å². The Kier molecular flexibility index (Phi) is 6.01. The molecule has 2 aromatic carbocycles. The first-order valence-electron chi connectivity index (χ1n) is 8.17. The van der Waals surface area contributed by atoms with Crippen LogP contribution >= 0.6 is 22.9 Å². The van der Waals surface area contributed by atoms with Crippen molar-refractivity contribution < 1.29 is 19.0 Å². The average molecular weight is 423 g/mol. The van der Waals surface area contributed by atoms with Gasteiger partial charge in [-0.1, -0.05) is 35.1 Å². The summed E-state index contributed by atoms with van der Waals surface area (Å²) in [5, 5.41) is 12.8. The van der Waals surface area contributed by atoms with Crippen LogP contribution in [0.15, 0.2) is 41.2 Å². The van der Waals surface area contributed by atoms with Gasteiger partial charge in [0.15, 0.2) is 0 Å². The molecule has 6 nitrogen and oxygen atoms in total. The Morgan fingerprint density at radius 2 is 2.11 bits per heavy atom. The first-order chi connectivity index (χ1) is 13.4. The Hall–Kier alpha value is -2.84. The van der Waals surface area contributed by atoms with Gasteiger partial charge in [-0.2, -0.15) is 0 Å². The number of nitrogens with one attached hydrogen (secondary N) is 2. The van der Waals surface area contributed by atoms with E-state index in [4.69, 9.17) is 16.3 Å². The number of carbonyl (C=O) groups is 1. The van der Waals surface area contributed by atoms with Crippen molar-refractivity contribution in [3.8, 4) is 11.6 Å². The van der Waals surface area contributed by atoms with Gasteiger partial charge >= 0.3 is 4.87 Å². The van der Waals surface area contributed by atoms with Crippen molar-refractivity contribution in [2.75, 3.05) is 7.11 Å². The number of hydrogen-bond acceptors (Lipinski definition) is 5. The fraction of sp³-hybridized carbons (Fsp3) is 0.158. The number of rotatable bonds is 6. The maximum absolute atomic E-state index is 14.1. The number of aromatic nitrogens is 1. The van der Waals surface area contributed by atoms with Gasteiger partial charge in [-0.05, 0) is 29.8 Å². The normalized spacial score (nSPS) is 10.7. The second kappa shape index (κ2) is 8.45. The molecule has 0 fully saturated rings. The highest BCUT2D eigenvalue weighted by atomic mass is 35.5. The maximum Gasteiger partial charge on any atom is 0.307 e. The lowest BCUT2D eigenvalue weighted by Crippen LogP contribution is -2.24. The highest BCUT2D eigenvalue weighted by Crippen LogP contribution is 2.24. The number of benzene rings is 2. The molecule has 9 heteroatoms. The summed E-state index contributed by atoms with van der Waals surface area (Å²) in [6, 6.07) is 9.04. The molecule has 3 rings (SSSR count). The highest BCUT2D eigenvalue weighted by Gasteiger charge is 2.14. The van der Waals surface area contributed by atoms with Gasteiger partial charge in [-0.3, -0.25) is 14.6 Å². The molecule has 0 aliphatic carbocycles. The molecular weight excluding hydrogens is 407 g/mol. The van der Waals surface area contributed by atoms with Gasteiger partial charge in [-0.15, -0.1) is 0 Å². The van der Waals surface area contributed by atoms with Gasteiger partial charge in [0.2, 0.25) is 5.88 Å². The standard InChI is InChI=1S/C19H16ClFN2O4S/c1-27-15-8-12(20)3-4-13(15)17(24)22-9-11-6-10(2-5-14(11)21)7-16-18(25)23-19(26)28-16/h2-6,8,25H,7,9H2,1H3,(H,22,24)(H,23,26). The van der Waals surface area contributed by atoms with Crippen molar-refractivity contribution in [2.24, 2.45) is 0 Å². The minimum Gasteiger partial charge on any atom is -0.496 e. The summed E-state index contributed by atoms with van der Waals surface area (Å²) >= 11 is 6.78. The van der Waals surface area contributed by atoms with Crippen LogP contribution < -0.4 is 14.9 Å². The Balaban J connectivity index is 1.74. The van der Waals surface area contributed by atoms with Crippen LogP contribution in [0.1, 0.15) is 26.4 Å². The molecule has 146 valence electrons. The van der Waals surface area contributed by atoms with Crippen LogP contribution in [0.2, 0.25) is 5.02 Å². The Morgan fingerprint density at radius 3 is 2.79 bits per heavy atom. The molecule has 3 aromatic rings. The van der Waals surface area contributed by atoms with Gasteiger partial charge in [0, 0.05) is 23.6 Å². The first-order valence-corrected chi connectivity index (χ1v) is 9.37. The summed E-state index contributed by atoms with van der Waals surface area (Å²) in [6.07, 6.45) is 0.265. The van der Waals surface area contributed by atoms with Crippen molar-refractivity contribution in [2.45, 2.75) is 13.0 Å². The van der Waals surface area contributed by atoms with E-state index in [1.54, 1.807) is 18.2 Å². The Bertz CT molecular complexity index is 1080. The number of H-pyrrole nitrogens is 1. The van der Waals surface area contributed by atoms with Crippen LogP contribution in [0.3, 0.4) is 0 Å². The molecule has 0 bridgehead atoms. The second-order valence-corrected chi connectivity index (χ2v) is 7.42. The summed E-state index contributed by atoms with van der Waals surface area (Å²) in [5.74, 6) is -0.778. The molecule has 0 spiro atoms. The number of ether oxygens (including phenoxy) is 1. The molecule has 1 heterocycles. The van der Waals surface area contributed by atoms with Crippen LogP contribution in [-0.4, -0.2) is 23.1 Å². The fourth-order valence-corrected chi connectivity index (χ4v) is 3.57. The van der Waals surface area contributed by atoms with Crippen LogP contribution in [0.5, 0.6) is 11.6 Å². The van der Waals surface area contributed by atoms with E-state index in [0.717, 1.165) is 11.3 Å². The maximum atomic E-state index is 14.1. The van der Waals surface area contributed by atoms with Gasteiger partial charge in [0.1, 0.15) is 11.6 Å². The quantitative estimate of drug-likeness (QED) is 0.567. The average Bonchev–Trinajstić information content (AvgIpc) is 2.98. The largest absolute Gasteiger partial charge is 0.496 e. The molecule has 28 heavy (non-hydrogen) atoms. The molecule has 1 aromatic heterocycles. The molecule has 0 aliphatic heterocycles. The number of aromatic hydroxyl groups is 1. The van der Waals surface area contributed by atoms with Gasteiger partial charge in [0.05, 0.1) is 17.6 Å². The molecule has 1 amide bonds. The minimum absolute atomic E-state index is 0.0420. The highest BCUT2D eigenvalue weighted by molar-refractivity contribution is 7.09. The molecule has 0 saturated carbocycles. The summed E-state index contributed by atoms with van der Waals surface area (Å²) in [4.78, 5) is 26.1. The smallest absolute Gasteiger partial charge is 0.307 e. The lowest BCUT2D eigenvalue weighted by Gasteiger charge is -2.11. The van der Waals surface area contributed by atoms with Gasteiger partial charge < -0.3 is 15.2 Å². The predicted octanol–water partition coefficient (Wildman–Crippen LogP) is 3.46. The van der Waals surface area contributed by atoms with Crippen molar-refractivity contribution >= 4 is 28.8 Å². The van der Waals surface area contributed by atoms with Crippen LogP contribution in [0.25, 0.3) is 0 Å².